The molecule has 0 aliphatic carbocycles. The first kappa shape index (κ1) is 16.7. The molecule has 130 valence electrons. The second-order valence-electron chi connectivity index (χ2n) is 6.54. The van der Waals surface area contributed by atoms with Gasteiger partial charge in [-0.15, -0.1) is 0 Å². The third-order valence-electron chi connectivity index (χ3n) is 5.07. The summed E-state index contributed by atoms with van der Waals surface area (Å²) in [5.41, 5.74) is 0.504. The van der Waals surface area contributed by atoms with Crippen LogP contribution < -0.4 is 4.90 Å². The van der Waals surface area contributed by atoms with Crippen LogP contribution in [0.25, 0.3) is 0 Å². The Balaban J connectivity index is 1.75. The highest BCUT2D eigenvalue weighted by molar-refractivity contribution is 5.87. The van der Waals surface area contributed by atoms with E-state index in [-0.39, 0.29) is 17.0 Å². The van der Waals surface area contributed by atoms with Gasteiger partial charge in [-0.2, -0.15) is 0 Å². The number of piperidine rings is 1. The SMILES string of the molecule is COCCN1CCCC2(CCN(c3ccnc(C(=O)O)c3)C2)C1=O. The maximum atomic E-state index is 12.9. The number of anilines is 1. The first-order valence-corrected chi connectivity index (χ1v) is 8.28. The summed E-state index contributed by atoms with van der Waals surface area (Å²) in [6, 6.07) is 3.39. The Morgan fingerprint density at radius 2 is 2.25 bits per heavy atom. The van der Waals surface area contributed by atoms with Crippen molar-refractivity contribution in [3.63, 3.8) is 0 Å². The smallest absolute Gasteiger partial charge is 0.354 e. The van der Waals surface area contributed by atoms with E-state index in [4.69, 9.17) is 9.84 Å². The van der Waals surface area contributed by atoms with Crippen LogP contribution in [0.1, 0.15) is 29.8 Å². The lowest BCUT2D eigenvalue weighted by molar-refractivity contribution is -0.145. The van der Waals surface area contributed by atoms with E-state index < -0.39 is 5.97 Å². The second kappa shape index (κ2) is 6.76. The Bertz CT molecular complexity index is 636. The Hall–Kier alpha value is -2.15. The maximum Gasteiger partial charge on any atom is 0.354 e. The van der Waals surface area contributed by atoms with Crippen molar-refractivity contribution in [3.05, 3.63) is 24.0 Å². The molecule has 2 aliphatic heterocycles. The number of amides is 1. The van der Waals surface area contributed by atoms with Gasteiger partial charge < -0.3 is 19.6 Å². The van der Waals surface area contributed by atoms with Crippen LogP contribution in [-0.2, 0) is 9.53 Å². The third kappa shape index (κ3) is 3.08. The molecule has 1 aromatic rings. The van der Waals surface area contributed by atoms with Gasteiger partial charge in [-0.3, -0.25) is 4.79 Å². The van der Waals surface area contributed by atoms with E-state index in [1.165, 1.54) is 6.20 Å². The van der Waals surface area contributed by atoms with Gasteiger partial charge in [0.25, 0.3) is 0 Å². The minimum atomic E-state index is -1.04. The number of hydrogen-bond donors (Lipinski definition) is 1. The Morgan fingerprint density at radius 1 is 1.42 bits per heavy atom. The molecule has 3 rings (SSSR count). The predicted molar refractivity (Wildman–Crippen MR) is 88.1 cm³/mol. The maximum absolute atomic E-state index is 12.9. The molecule has 1 N–H and O–H groups in total. The van der Waals surface area contributed by atoms with Gasteiger partial charge in [-0.1, -0.05) is 0 Å². The lowest BCUT2D eigenvalue weighted by Crippen LogP contribution is -2.50. The van der Waals surface area contributed by atoms with E-state index in [2.05, 4.69) is 9.88 Å². The second-order valence-corrected chi connectivity index (χ2v) is 6.54. The van der Waals surface area contributed by atoms with Crippen molar-refractivity contribution in [2.75, 3.05) is 44.8 Å². The van der Waals surface area contributed by atoms with Crippen molar-refractivity contribution >= 4 is 17.6 Å². The van der Waals surface area contributed by atoms with Crippen LogP contribution >= 0.6 is 0 Å². The molecule has 3 heterocycles. The number of carbonyl (C=O) groups excluding carboxylic acids is 1. The molecular weight excluding hydrogens is 310 g/mol. The van der Waals surface area contributed by atoms with Crippen LogP contribution in [0.15, 0.2) is 18.3 Å². The van der Waals surface area contributed by atoms with E-state index in [0.29, 0.717) is 19.7 Å². The molecule has 0 aromatic carbocycles. The number of likely N-dealkylation sites (tertiary alicyclic amines) is 1. The van der Waals surface area contributed by atoms with E-state index >= 15 is 0 Å². The average Bonchev–Trinajstić information content (AvgIpc) is 3.02. The molecular formula is C17H23N3O4. The van der Waals surface area contributed by atoms with E-state index in [1.807, 2.05) is 4.90 Å². The van der Waals surface area contributed by atoms with Gasteiger partial charge in [0, 0.05) is 45.2 Å². The van der Waals surface area contributed by atoms with Gasteiger partial charge in [0.2, 0.25) is 5.91 Å². The van der Waals surface area contributed by atoms with Crippen molar-refractivity contribution < 1.29 is 19.4 Å². The van der Waals surface area contributed by atoms with Crippen molar-refractivity contribution in [3.8, 4) is 0 Å². The predicted octanol–water partition coefficient (Wildman–Crippen LogP) is 1.25. The van der Waals surface area contributed by atoms with Crippen molar-refractivity contribution in [1.29, 1.82) is 0 Å². The van der Waals surface area contributed by atoms with E-state index in [9.17, 15) is 9.59 Å². The topological polar surface area (TPSA) is 83.0 Å². The number of carbonyl (C=O) groups is 2. The number of pyridine rings is 1. The number of methoxy groups -OCH3 is 1. The van der Waals surface area contributed by atoms with E-state index in [0.717, 1.165) is 38.0 Å². The molecule has 2 fully saturated rings. The number of ether oxygens (including phenoxy) is 1. The molecule has 24 heavy (non-hydrogen) atoms. The minimum Gasteiger partial charge on any atom is -0.477 e. The Kier molecular flexibility index (Phi) is 4.71. The number of aromatic carboxylic acids is 1. The highest BCUT2D eigenvalue weighted by Crippen LogP contribution is 2.41. The van der Waals surface area contributed by atoms with Gasteiger partial charge in [0.15, 0.2) is 0 Å². The van der Waals surface area contributed by atoms with Crippen molar-refractivity contribution in [2.24, 2.45) is 5.41 Å². The van der Waals surface area contributed by atoms with Gasteiger partial charge >= 0.3 is 5.97 Å². The standard InChI is InChI=1S/C17H23N3O4/c1-24-10-9-19-7-2-4-17(16(19)23)5-8-20(12-17)13-3-6-18-14(11-13)15(21)22/h3,6,11H,2,4-5,7-10,12H2,1H3,(H,21,22). The molecule has 1 unspecified atom stereocenters. The molecule has 0 saturated carbocycles. The Labute approximate surface area is 141 Å². The summed E-state index contributed by atoms with van der Waals surface area (Å²) in [7, 11) is 1.64. The highest BCUT2D eigenvalue weighted by Gasteiger charge is 2.48. The quantitative estimate of drug-likeness (QED) is 0.873. The monoisotopic (exact) mass is 333 g/mol. The zero-order chi connectivity index (χ0) is 17.2. The van der Waals surface area contributed by atoms with Gasteiger partial charge in [0.05, 0.1) is 12.0 Å². The van der Waals surface area contributed by atoms with Gasteiger partial charge in [-0.25, -0.2) is 9.78 Å². The third-order valence-corrected chi connectivity index (χ3v) is 5.07. The molecule has 1 aromatic heterocycles. The molecule has 2 aliphatic rings. The number of carboxylic acid groups (broad SMARTS) is 1. The number of nitrogens with zero attached hydrogens (tertiary/aromatic N) is 3. The molecule has 7 heteroatoms. The molecule has 1 atom stereocenters. The van der Waals surface area contributed by atoms with Crippen LogP contribution in [0.5, 0.6) is 0 Å². The summed E-state index contributed by atoms with van der Waals surface area (Å²) in [5.74, 6) is -0.828. The normalized spacial score (nSPS) is 24.0. The average molecular weight is 333 g/mol. The molecule has 1 amide bonds. The zero-order valence-electron chi connectivity index (χ0n) is 13.9. The van der Waals surface area contributed by atoms with Crippen LogP contribution in [0.3, 0.4) is 0 Å². The van der Waals surface area contributed by atoms with Gasteiger partial charge in [-0.05, 0) is 31.4 Å². The number of aromatic nitrogens is 1. The number of hydrogen-bond acceptors (Lipinski definition) is 5. The fourth-order valence-electron chi connectivity index (χ4n) is 3.77. The Morgan fingerprint density at radius 3 is 3.00 bits per heavy atom. The summed E-state index contributed by atoms with van der Waals surface area (Å²) < 4.78 is 5.10. The lowest BCUT2D eigenvalue weighted by Gasteiger charge is -2.39. The molecule has 1 spiro atoms. The minimum absolute atomic E-state index is 0.0325. The van der Waals surface area contributed by atoms with E-state index in [1.54, 1.807) is 19.2 Å². The fraction of sp³-hybridized carbons (Fsp3) is 0.588. The van der Waals surface area contributed by atoms with Crippen LogP contribution in [0, 0.1) is 5.41 Å². The largest absolute Gasteiger partial charge is 0.477 e. The first-order chi connectivity index (χ1) is 11.6. The highest BCUT2D eigenvalue weighted by atomic mass is 16.5. The van der Waals surface area contributed by atoms with Crippen LogP contribution in [0.4, 0.5) is 5.69 Å². The number of carboxylic acids is 1. The van der Waals surface area contributed by atoms with Crippen LogP contribution in [-0.4, -0.2) is 66.8 Å². The number of rotatable bonds is 5. The molecule has 7 nitrogen and oxygen atoms in total. The summed E-state index contributed by atoms with van der Waals surface area (Å²) in [5, 5.41) is 9.10. The summed E-state index contributed by atoms with van der Waals surface area (Å²) >= 11 is 0. The summed E-state index contributed by atoms with van der Waals surface area (Å²) in [4.78, 5) is 31.9. The molecule has 0 bridgehead atoms. The summed E-state index contributed by atoms with van der Waals surface area (Å²) in [6.07, 6.45) is 4.21. The summed E-state index contributed by atoms with van der Waals surface area (Å²) in [6.45, 7) is 3.38. The lowest BCUT2D eigenvalue weighted by atomic mass is 9.78. The van der Waals surface area contributed by atoms with Crippen LogP contribution in [0.2, 0.25) is 0 Å². The molecule has 2 saturated heterocycles. The first-order valence-electron chi connectivity index (χ1n) is 8.28. The molecule has 0 radical (unpaired) electrons. The fourth-order valence-corrected chi connectivity index (χ4v) is 3.77. The van der Waals surface area contributed by atoms with Crippen molar-refractivity contribution in [2.45, 2.75) is 19.3 Å². The van der Waals surface area contributed by atoms with Crippen molar-refractivity contribution in [1.82, 2.24) is 9.88 Å². The zero-order valence-corrected chi connectivity index (χ0v) is 13.9. The van der Waals surface area contributed by atoms with Gasteiger partial charge in [0.1, 0.15) is 5.69 Å².